The molecule has 2 aromatic heterocycles. The van der Waals surface area contributed by atoms with E-state index in [9.17, 15) is 29.1 Å². The highest BCUT2D eigenvalue weighted by atomic mass is 16.4. The van der Waals surface area contributed by atoms with E-state index in [2.05, 4.69) is 22.6 Å². The van der Waals surface area contributed by atoms with Gasteiger partial charge in [-0.2, -0.15) is 0 Å². The van der Waals surface area contributed by atoms with E-state index in [0.29, 0.717) is 23.3 Å². The molecule has 2 heterocycles. The molecule has 6 rings (SSSR count). The molecule has 1 aliphatic rings. The highest BCUT2D eigenvalue weighted by molar-refractivity contribution is 5.97. The van der Waals surface area contributed by atoms with Crippen molar-refractivity contribution in [2.24, 2.45) is 11.7 Å². The maximum absolute atomic E-state index is 13.2. The largest absolute Gasteiger partial charge is 0.481 e. The Morgan fingerprint density at radius 2 is 1.64 bits per heavy atom. The summed E-state index contributed by atoms with van der Waals surface area (Å²) in [7, 11) is 0. The Hall–Kier alpha value is -6.11. The number of anilines is 1. The Morgan fingerprint density at radius 1 is 0.925 bits per heavy atom. The van der Waals surface area contributed by atoms with Gasteiger partial charge in [0.1, 0.15) is 11.6 Å². The predicted octanol–water partition coefficient (Wildman–Crippen LogP) is 6.04. The molecule has 5 aromatic rings. The highest BCUT2D eigenvalue weighted by Crippen LogP contribution is 2.35. The van der Waals surface area contributed by atoms with Gasteiger partial charge < -0.3 is 25.7 Å². The summed E-state index contributed by atoms with van der Waals surface area (Å²) in [6, 6.07) is 21.4. The van der Waals surface area contributed by atoms with Gasteiger partial charge in [0.05, 0.1) is 30.5 Å². The average molecular weight is 722 g/mol. The Balaban J connectivity index is 0.000000281. The van der Waals surface area contributed by atoms with Crippen molar-refractivity contribution in [1.29, 1.82) is 0 Å². The number of hydrogen-bond acceptors (Lipinski definition) is 8. The van der Waals surface area contributed by atoms with Crippen LogP contribution in [0.25, 0.3) is 22.1 Å². The van der Waals surface area contributed by atoms with Crippen molar-refractivity contribution in [1.82, 2.24) is 15.0 Å². The molecule has 0 aliphatic heterocycles. The number of nitrogens with zero attached hydrogens (tertiary/aromatic N) is 3. The van der Waals surface area contributed by atoms with Crippen molar-refractivity contribution >= 4 is 40.4 Å². The second-order valence-electron chi connectivity index (χ2n) is 13.4. The van der Waals surface area contributed by atoms with E-state index in [1.807, 2.05) is 54.6 Å². The summed E-state index contributed by atoms with van der Waals surface area (Å²) >= 11 is 0. The van der Waals surface area contributed by atoms with Gasteiger partial charge in [0, 0.05) is 29.3 Å². The zero-order chi connectivity index (χ0) is 38.1. The summed E-state index contributed by atoms with van der Waals surface area (Å²) in [5.74, 6) is -2.58. The summed E-state index contributed by atoms with van der Waals surface area (Å²) in [4.78, 5) is 58.9. The number of carbonyl (C=O) groups excluding carboxylic acids is 2. The molecule has 1 aliphatic carbocycles. The lowest BCUT2D eigenvalue weighted by atomic mass is 9.80. The van der Waals surface area contributed by atoms with Gasteiger partial charge >= 0.3 is 17.6 Å². The van der Waals surface area contributed by atoms with Gasteiger partial charge in [-0.3, -0.25) is 19.2 Å². The molecule has 5 N–H and O–H groups in total. The first-order valence-electron chi connectivity index (χ1n) is 17.5. The molecule has 1 fully saturated rings. The number of nitrogens with two attached hydrogens (primary N) is 1. The number of fused-ring (bicyclic) bond motifs is 1. The van der Waals surface area contributed by atoms with E-state index in [4.69, 9.17) is 15.3 Å². The molecule has 0 bridgehead atoms. The molecule has 0 spiro atoms. The third kappa shape index (κ3) is 10.0. The number of carboxylic acid groups (broad SMARTS) is 2. The maximum atomic E-state index is 13.2. The Morgan fingerprint density at radius 3 is 2.32 bits per heavy atom. The molecule has 0 saturated heterocycles. The van der Waals surface area contributed by atoms with Crippen LogP contribution < -0.4 is 16.7 Å². The minimum atomic E-state index is -1.16. The standard InChI is InChI=1S/C26H30N4O7.C14H13NO/c1-14(16-6-4-3-5-7-16)20-13-30(29-28-20)21(12-24(33)34)25(35)27-17-8-9-18-15(2)19(11-23(31)32)26(36)37-22(18)10-17;15-14(16)10-11-5-4-8-13(9-11)12-6-2-1-3-7-12/h8-10,13-14,16,21H,3-7,11-12H2,1-2H3,(H,27,35)(H,31,32)(H,33,34);1-9H,10H2,(H2,15,16). The van der Waals surface area contributed by atoms with Crippen molar-refractivity contribution in [3.05, 3.63) is 112 Å². The van der Waals surface area contributed by atoms with E-state index in [-0.39, 0.29) is 28.7 Å². The number of rotatable bonds is 12. The van der Waals surface area contributed by atoms with Crippen LogP contribution in [0.1, 0.15) is 79.8 Å². The van der Waals surface area contributed by atoms with Crippen LogP contribution in [0.15, 0.2) is 88.2 Å². The minimum absolute atomic E-state index is 0.0581. The van der Waals surface area contributed by atoms with Crippen molar-refractivity contribution in [3.63, 3.8) is 0 Å². The number of aliphatic carboxylic acids is 2. The summed E-state index contributed by atoms with van der Waals surface area (Å²) in [5, 5.41) is 30.0. The molecule has 13 nitrogen and oxygen atoms in total. The zero-order valence-electron chi connectivity index (χ0n) is 29.7. The van der Waals surface area contributed by atoms with E-state index in [0.717, 1.165) is 35.2 Å². The fourth-order valence-corrected chi connectivity index (χ4v) is 6.74. The van der Waals surface area contributed by atoms with Gasteiger partial charge in [-0.1, -0.05) is 86.0 Å². The first kappa shape index (κ1) is 38.1. The number of primary amides is 1. The number of nitrogens with one attached hydrogen (secondary N) is 1. The fourth-order valence-electron chi connectivity index (χ4n) is 6.74. The van der Waals surface area contributed by atoms with Crippen LogP contribution in [0, 0.1) is 12.8 Å². The van der Waals surface area contributed by atoms with E-state index in [1.54, 1.807) is 25.3 Å². The van der Waals surface area contributed by atoms with Crippen molar-refractivity contribution in [3.8, 4) is 11.1 Å². The summed E-state index contributed by atoms with van der Waals surface area (Å²) < 4.78 is 6.60. The lowest BCUT2D eigenvalue weighted by molar-refractivity contribution is -0.140. The van der Waals surface area contributed by atoms with Crippen molar-refractivity contribution in [2.45, 2.75) is 77.2 Å². The predicted molar refractivity (Wildman–Crippen MR) is 198 cm³/mol. The SMILES string of the molecule is Cc1c(CC(=O)O)c(=O)oc2cc(NC(=O)C(CC(=O)O)n3cc(C(C)C4CCCCC4)nn3)ccc12.NC(=O)Cc1cccc(-c2ccccc2)c1. The summed E-state index contributed by atoms with van der Waals surface area (Å²) in [5.41, 5.74) is 9.36. The van der Waals surface area contributed by atoms with Gasteiger partial charge in [0.25, 0.3) is 0 Å². The number of aryl methyl sites for hydroxylation is 1. The van der Waals surface area contributed by atoms with Crippen LogP contribution in [0.3, 0.4) is 0 Å². The summed E-state index contributed by atoms with van der Waals surface area (Å²) in [6.45, 7) is 3.72. The number of carbonyl (C=O) groups is 4. The average Bonchev–Trinajstić information content (AvgIpc) is 3.63. The smallest absolute Gasteiger partial charge is 0.340 e. The normalized spacial score (nSPS) is 14.1. The van der Waals surface area contributed by atoms with Gasteiger partial charge in [-0.15, -0.1) is 5.10 Å². The first-order valence-corrected chi connectivity index (χ1v) is 17.5. The van der Waals surface area contributed by atoms with Crippen LogP contribution in [0.4, 0.5) is 5.69 Å². The monoisotopic (exact) mass is 721 g/mol. The van der Waals surface area contributed by atoms with Crippen LogP contribution in [0.2, 0.25) is 0 Å². The van der Waals surface area contributed by atoms with Crippen molar-refractivity contribution < 1.29 is 33.8 Å². The number of benzene rings is 3. The lowest BCUT2D eigenvalue weighted by Crippen LogP contribution is -2.28. The third-order valence-electron chi connectivity index (χ3n) is 9.64. The molecule has 3 aromatic carbocycles. The Labute approximate surface area is 305 Å². The molecule has 2 amide bonds. The summed E-state index contributed by atoms with van der Waals surface area (Å²) in [6.07, 6.45) is 6.81. The number of carboxylic acids is 2. The van der Waals surface area contributed by atoms with Crippen LogP contribution in [-0.2, 0) is 32.0 Å². The van der Waals surface area contributed by atoms with E-state index in [1.165, 1.54) is 30.0 Å². The number of hydrogen-bond donors (Lipinski definition) is 4. The zero-order valence-corrected chi connectivity index (χ0v) is 29.7. The molecule has 53 heavy (non-hydrogen) atoms. The number of aromatic nitrogens is 3. The second kappa shape index (κ2) is 17.4. The van der Waals surface area contributed by atoms with Crippen LogP contribution >= 0.6 is 0 Å². The molecule has 2 atom stereocenters. The number of amides is 2. The van der Waals surface area contributed by atoms with Gasteiger partial charge in [-0.05, 0) is 60.1 Å². The molecular weight excluding hydrogens is 678 g/mol. The van der Waals surface area contributed by atoms with Crippen LogP contribution in [0.5, 0.6) is 0 Å². The van der Waals surface area contributed by atoms with Crippen molar-refractivity contribution in [2.75, 3.05) is 5.32 Å². The molecule has 0 radical (unpaired) electrons. The quantitative estimate of drug-likeness (QED) is 0.110. The van der Waals surface area contributed by atoms with E-state index < -0.39 is 42.4 Å². The highest BCUT2D eigenvalue weighted by Gasteiger charge is 2.29. The molecule has 13 heteroatoms. The van der Waals surface area contributed by atoms with Crippen LogP contribution in [-0.4, -0.2) is 49.0 Å². The molecule has 1 saturated carbocycles. The molecule has 276 valence electrons. The van der Waals surface area contributed by atoms with Gasteiger partial charge in [0.15, 0.2) is 0 Å². The van der Waals surface area contributed by atoms with E-state index >= 15 is 0 Å². The maximum Gasteiger partial charge on any atom is 0.340 e. The van der Waals surface area contributed by atoms with Gasteiger partial charge in [0.2, 0.25) is 11.8 Å². The molecule has 2 unspecified atom stereocenters. The lowest BCUT2D eigenvalue weighted by Gasteiger charge is -2.26. The topological polar surface area (TPSA) is 208 Å². The second-order valence-corrected chi connectivity index (χ2v) is 13.4. The van der Waals surface area contributed by atoms with Gasteiger partial charge in [-0.25, -0.2) is 9.48 Å². The third-order valence-corrected chi connectivity index (χ3v) is 9.64. The minimum Gasteiger partial charge on any atom is -0.481 e. The molecular formula is C40H43N5O8. The Kier molecular flexibility index (Phi) is 12.5. The Bertz CT molecular complexity index is 2150. The fraction of sp³-hybridized carbons (Fsp3) is 0.325. The first-order chi connectivity index (χ1) is 25.4.